The molecule has 1 amide bonds. The SMILES string of the molecule is NC1(C(=O)Nc2cccc(F)c2I)CCCC1. The first-order chi connectivity index (χ1) is 8.03. The fraction of sp³-hybridized carbons (Fsp3) is 0.417. The number of rotatable bonds is 2. The van der Waals surface area contributed by atoms with E-state index in [1.807, 2.05) is 22.6 Å². The summed E-state index contributed by atoms with van der Waals surface area (Å²) in [5.41, 5.74) is 5.74. The Kier molecular flexibility index (Phi) is 3.67. The predicted octanol–water partition coefficient (Wildman–Crippen LogP) is 2.64. The van der Waals surface area contributed by atoms with Gasteiger partial charge < -0.3 is 11.1 Å². The van der Waals surface area contributed by atoms with Gasteiger partial charge in [-0.3, -0.25) is 4.79 Å². The van der Waals surface area contributed by atoms with E-state index >= 15 is 0 Å². The average Bonchev–Trinajstić information content (AvgIpc) is 2.73. The van der Waals surface area contributed by atoms with Crippen molar-refractivity contribution < 1.29 is 9.18 Å². The van der Waals surface area contributed by atoms with E-state index in [0.717, 1.165) is 12.8 Å². The first kappa shape index (κ1) is 12.8. The molecule has 1 aliphatic carbocycles. The Labute approximate surface area is 113 Å². The lowest BCUT2D eigenvalue weighted by Gasteiger charge is -2.22. The molecule has 5 heteroatoms. The van der Waals surface area contributed by atoms with E-state index in [2.05, 4.69) is 5.32 Å². The van der Waals surface area contributed by atoms with Crippen LogP contribution in [0.25, 0.3) is 0 Å². The van der Waals surface area contributed by atoms with Crippen molar-refractivity contribution in [1.29, 1.82) is 0 Å². The van der Waals surface area contributed by atoms with Gasteiger partial charge in [-0.05, 0) is 47.6 Å². The van der Waals surface area contributed by atoms with Crippen molar-refractivity contribution in [3.8, 4) is 0 Å². The highest BCUT2D eigenvalue weighted by Gasteiger charge is 2.37. The molecule has 1 aliphatic rings. The van der Waals surface area contributed by atoms with Crippen LogP contribution in [0.1, 0.15) is 25.7 Å². The molecule has 0 unspecified atom stereocenters. The van der Waals surface area contributed by atoms with Gasteiger partial charge in [-0.25, -0.2) is 4.39 Å². The molecule has 3 N–H and O–H groups in total. The van der Waals surface area contributed by atoms with Crippen LogP contribution in [-0.4, -0.2) is 11.4 Å². The second kappa shape index (κ2) is 4.89. The molecule has 1 aromatic carbocycles. The summed E-state index contributed by atoms with van der Waals surface area (Å²) in [4.78, 5) is 12.0. The topological polar surface area (TPSA) is 55.1 Å². The van der Waals surface area contributed by atoms with Crippen LogP contribution in [-0.2, 0) is 4.79 Å². The van der Waals surface area contributed by atoms with Gasteiger partial charge in [0.1, 0.15) is 5.82 Å². The van der Waals surface area contributed by atoms with Gasteiger partial charge in [-0.15, -0.1) is 0 Å². The van der Waals surface area contributed by atoms with Gasteiger partial charge in [0.15, 0.2) is 0 Å². The summed E-state index contributed by atoms with van der Waals surface area (Å²) in [5.74, 6) is -0.542. The standard InChI is InChI=1S/C12H14FIN2O/c13-8-4-3-5-9(10(8)14)16-11(17)12(15)6-1-2-7-12/h3-5H,1-2,6-7,15H2,(H,16,17). The average molecular weight is 348 g/mol. The molecule has 1 saturated carbocycles. The number of hydrogen-bond donors (Lipinski definition) is 2. The van der Waals surface area contributed by atoms with E-state index in [0.29, 0.717) is 22.1 Å². The maximum atomic E-state index is 13.3. The van der Waals surface area contributed by atoms with Crippen molar-refractivity contribution in [2.45, 2.75) is 31.2 Å². The van der Waals surface area contributed by atoms with Crippen molar-refractivity contribution in [2.24, 2.45) is 5.73 Å². The van der Waals surface area contributed by atoms with Crippen LogP contribution in [0.15, 0.2) is 18.2 Å². The van der Waals surface area contributed by atoms with Crippen LogP contribution in [0, 0.1) is 9.39 Å². The van der Waals surface area contributed by atoms with Crippen LogP contribution in [0.4, 0.5) is 10.1 Å². The summed E-state index contributed by atoms with van der Waals surface area (Å²) in [6.07, 6.45) is 3.35. The van der Waals surface area contributed by atoms with Crippen LogP contribution in [0.2, 0.25) is 0 Å². The summed E-state index contributed by atoms with van der Waals surface area (Å²) in [6, 6.07) is 4.62. The molecular weight excluding hydrogens is 334 g/mol. The summed E-state index contributed by atoms with van der Waals surface area (Å²) in [6.45, 7) is 0. The molecule has 0 spiro atoms. The molecule has 0 saturated heterocycles. The van der Waals surface area contributed by atoms with E-state index in [4.69, 9.17) is 5.73 Å². The molecule has 0 aliphatic heterocycles. The third kappa shape index (κ3) is 2.60. The Morgan fingerprint density at radius 1 is 1.41 bits per heavy atom. The first-order valence-corrected chi connectivity index (χ1v) is 6.65. The van der Waals surface area contributed by atoms with Gasteiger partial charge in [0, 0.05) is 0 Å². The minimum atomic E-state index is -0.782. The lowest BCUT2D eigenvalue weighted by atomic mass is 9.98. The number of amides is 1. The summed E-state index contributed by atoms with van der Waals surface area (Å²) in [5, 5.41) is 2.72. The van der Waals surface area contributed by atoms with Gasteiger partial charge in [-0.2, -0.15) is 0 Å². The van der Waals surface area contributed by atoms with E-state index in [1.165, 1.54) is 6.07 Å². The van der Waals surface area contributed by atoms with Crippen molar-refractivity contribution in [1.82, 2.24) is 0 Å². The van der Waals surface area contributed by atoms with Gasteiger partial charge in [0.05, 0.1) is 14.8 Å². The Hall–Kier alpha value is -0.690. The van der Waals surface area contributed by atoms with E-state index < -0.39 is 5.54 Å². The largest absolute Gasteiger partial charge is 0.323 e. The lowest BCUT2D eigenvalue weighted by molar-refractivity contribution is -0.121. The lowest BCUT2D eigenvalue weighted by Crippen LogP contribution is -2.48. The Bertz CT molecular complexity index is 444. The van der Waals surface area contributed by atoms with Crippen molar-refractivity contribution in [3.05, 3.63) is 27.6 Å². The van der Waals surface area contributed by atoms with Gasteiger partial charge in [-0.1, -0.05) is 18.9 Å². The van der Waals surface area contributed by atoms with Crippen LogP contribution >= 0.6 is 22.6 Å². The summed E-state index contributed by atoms with van der Waals surface area (Å²) in [7, 11) is 0. The second-order valence-corrected chi connectivity index (χ2v) is 5.50. The number of carbonyl (C=O) groups is 1. The minimum Gasteiger partial charge on any atom is -0.323 e. The highest BCUT2D eigenvalue weighted by atomic mass is 127. The first-order valence-electron chi connectivity index (χ1n) is 5.57. The molecular formula is C12H14FIN2O. The smallest absolute Gasteiger partial charge is 0.244 e. The molecule has 2 rings (SSSR count). The molecule has 0 atom stereocenters. The van der Waals surface area contributed by atoms with Crippen LogP contribution < -0.4 is 11.1 Å². The molecule has 17 heavy (non-hydrogen) atoms. The number of benzene rings is 1. The summed E-state index contributed by atoms with van der Waals surface area (Å²) >= 11 is 1.88. The zero-order valence-electron chi connectivity index (χ0n) is 9.30. The molecule has 0 radical (unpaired) electrons. The van der Waals surface area contributed by atoms with Crippen LogP contribution in [0.5, 0.6) is 0 Å². The third-order valence-corrected chi connectivity index (χ3v) is 4.24. The molecule has 1 aromatic rings. The Morgan fingerprint density at radius 3 is 2.71 bits per heavy atom. The monoisotopic (exact) mass is 348 g/mol. The van der Waals surface area contributed by atoms with Crippen molar-refractivity contribution in [2.75, 3.05) is 5.32 Å². The Morgan fingerprint density at radius 2 is 2.06 bits per heavy atom. The summed E-state index contributed by atoms with van der Waals surface area (Å²) < 4.78 is 13.7. The fourth-order valence-corrected chi connectivity index (χ4v) is 2.57. The van der Waals surface area contributed by atoms with Crippen molar-refractivity contribution >= 4 is 34.2 Å². The minimum absolute atomic E-state index is 0.210. The second-order valence-electron chi connectivity index (χ2n) is 4.42. The molecule has 0 aromatic heterocycles. The zero-order chi connectivity index (χ0) is 12.5. The molecule has 3 nitrogen and oxygen atoms in total. The van der Waals surface area contributed by atoms with E-state index in [1.54, 1.807) is 12.1 Å². The highest BCUT2D eigenvalue weighted by Crippen LogP contribution is 2.29. The van der Waals surface area contributed by atoms with E-state index in [-0.39, 0.29) is 11.7 Å². The third-order valence-electron chi connectivity index (χ3n) is 3.15. The molecule has 0 heterocycles. The van der Waals surface area contributed by atoms with Gasteiger partial charge >= 0.3 is 0 Å². The van der Waals surface area contributed by atoms with Crippen molar-refractivity contribution in [3.63, 3.8) is 0 Å². The maximum Gasteiger partial charge on any atom is 0.244 e. The zero-order valence-corrected chi connectivity index (χ0v) is 11.5. The maximum absolute atomic E-state index is 13.3. The number of carbonyl (C=O) groups excluding carboxylic acids is 1. The highest BCUT2D eigenvalue weighted by molar-refractivity contribution is 14.1. The van der Waals surface area contributed by atoms with E-state index in [9.17, 15) is 9.18 Å². The number of hydrogen-bond acceptors (Lipinski definition) is 2. The van der Waals surface area contributed by atoms with Gasteiger partial charge in [0.2, 0.25) is 5.91 Å². The normalized spacial score (nSPS) is 18.1. The number of halogens is 2. The molecule has 0 bridgehead atoms. The number of anilines is 1. The fourth-order valence-electron chi connectivity index (χ4n) is 2.08. The quantitative estimate of drug-likeness (QED) is 0.808. The number of nitrogens with one attached hydrogen (secondary N) is 1. The molecule has 1 fully saturated rings. The Balaban J connectivity index is 2.16. The molecule has 92 valence electrons. The number of nitrogens with two attached hydrogens (primary N) is 1. The van der Waals surface area contributed by atoms with Crippen LogP contribution in [0.3, 0.4) is 0 Å². The predicted molar refractivity (Wildman–Crippen MR) is 73.1 cm³/mol. The van der Waals surface area contributed by atoms with Gasteiger partial charge in [0.25, 0.3) is 0 Å².